The number of nitrogens with zero attached hydrogens (tertiary/aromatic N) is 3. The molecule has 1 aliphatic rings. The van der Waals surface area contributed by atoms with E-state index in [-0.39, 0.29) is 24.9 Å². The molecule has 1 aliphatic heterocycles. The predicted octanol–water partition coefficient (Wildman–Crippen LogP) is 2.96. The van der Waals surface area contributed by atoms with Gasteiger partial charge < -0.3 is 16.4 Å². The summed E-state index contributed by atoms with van der Waals surface area (Å²) in [6.45, 7) is 6.83. The third-order valence-electron chi connectivity index (χ3n) is 7.03. The van der Waals surface area contributed by atoms with Gasteiger partial charge in [0.2, 0.25) is 17.7 Å². The molecule has 258 valence electrons. The van der Waals surface area contributed by atoms with Gasteiger partial charge in [-0.25, -0.2) is 0 Å². The smallest absolute Gasteiger partial charge is 0.243 e. The van der Waals surface area contributed by atoms with E-state index in [0.29, 0.717) is 29.9 Å². The summed E-state index contributed by atoms with van der Waals surface area (Å²) in [7, 11) is 0. The normalized spacial score (nSPS) is 15.6. The Balaban J connectivity index is 1.59. The van der Waals surface area contributed by atoms with Crippen LogP contribution in [0.2, 0.25) is 0 Å². The molecular weight excluding hydrogens is 735 g/mol. The van der Waals surface area contributed by atoms with Crippen LogP contribution in [-0.4, -0.2) is 60.3 Å². The average Bonchev–Trinajstić information content (AvgIpc) is 3.35. The number of nitrogens with one attached hydrogen (secondary N) is 3. The third-order valence-corrected chi connectivity index (χ3v) is 11.3. The van der Waals surface area contributed by atoms with E-state index >= 15 is 0 Å². The zero-order valence-electron chi connectivity index (χ0n) is 27.1. The number of halogens is 1. The van der Waals surface area contributed by atoms with Crippen molar-refractivity contribution in [3.8, 4) is 5.75 Å². The second-order valence-corrected chi connectivity index (χ2v) is 15.3. The summed E-state index contributed by atoms with van der Waals surface area (Å²) >= 11 is -2.48. The molecule has 0 radical (unpaired) electrons. The summed E-state index contributed by atoms with van der Waals surface area (Å²) in [6.07, 6.45) is 0.760. The molecule has 0 unspecified atom stereocenters. The van der Waals surface area contributed by atoms with Gasteiger partial charge in [-0.15, -0.1) is 0 Å². The van der Waals surface area contributed by atoms with Crippen molar-refractivity contribution in [3.63, 3.8) is 0 Å². The van der Waals surface area contributed by atoms with Crippen molar-refractivity contribution in [3.05, 3.63) is 83.5 Å². The molecule has 3 rings (SSSR count). The van der Waals surface area contributed by atoms with Crippen molar-refractivity contribution >= 4 is 49.8 Å². The van der Waals surface area contributed by atoms with Gasteiger partial charge in [-0.2, -0.15) is 0 Å². The van der Waals surface area contributed by atoms with E-state index in [0.717, 1.165) is 9.13 Å². The predicted molar refractivity (Wildman–Crippen MR) is 186 cm³/mol. The third kappa shape index (κ3) is 11.2. The van der Waals surface area contributed by atoms with Crippen LogP contribution in [0.4, 0.5) is 0 Å². The summed E-state index contributed by atoms with van der Waals surface area (Å²) in [5.74, 6) is -1.75. The molecule has 48 heavy (non-hydrogen) atoms. The van der Waals surface area contributed by atoms with Gasteiger partial charge in [0.25, 0.3) is 0 Å². The first kappa shape index (κ1) is 37.8. The molecule has 1 heterocycles. The molecule has 4 amide bonds. The fraction of sp³-hybridized carbons (Fsp3) is 0.406. The number of hydrogen-bond donors (Lipinski definition) is 5. The van der Waals surface area contributed by atoms with Crippen molar-refractivity contribution in [1.82, 2.24) is 16.0 Å². The van der Waals surface area contributed by atoms with Crippen LogP contribution in [-0.2, 0) is 28.7 Å². The number of nitrogens with two attached hydrogens (primary N) is 2. The van der Waals surface area contributed by atoms with E-state index in [4.69, 9.17) is 24.8 Å². The van der Waals surface area contributed by atoms with Gasteiger partial charge in [0, 0.05) is 0 Å². The summed E-state index contributed by atoms with van der Waals surface area (Å²) in [6, 6.07) is 10.3. The van der Waals surface area contributed by atoms with Crippen molar-refractivity contribution in [2.45, 2.75) is 71.1 Å². The Kier molecular flexibility index (Phi) is 14.2. The van der Waals surface area contributed by atoms with Crippen molar-refractivity contribution in [2.24, 2.45) is 22.5 Å². The van der Waals surface area contributed by atoms with Crippen LogP contribution in [0.5, 0.6) is 5.75 Å². The quantitative estimate of drug-likeness (QED) is 0.0525. The number of hydrogen-bond acceptors (Lipinski definition) is 9. The van der Waals surface area contributed by atoms with E-state index in [1.807, 2.05) is 30.1 Å². The minimum Gasteiger partial charge on any atom is -0.368 e. The number of primary amides is 1. The molecule has 0 bridgehead atoms. The molecule has 0 saturated carbocycles. The fourth-order valence-corrected chi connectivity index (χ4v) is 8.41. The maximum Gasteiger partial charge on any atom is 0.243 e. The van der Waals surface area contributed by atoms with Gasteiger partial charge in [-0.05, 0) is 26.2 Å². The monoisotopic (exact) mass is 776 g/mol. The van der Waals surface area contributed by atoms with Gasteiger partial charge in [0.1, 0.15) is 12.1 Å². The number of ether oxygens (including phenoxy) is 1. The SMILES string of the molecule is CC(C)C[C@H](NC(=O)[C@H](C)NC(=O)[C@@H](N)Cc1ccc(O/C(=C/I2OC(=O)c3ccccc32)CCN=[N+]=[N-])cc1)C(=O)N[C@@H](C)C(N)=O. The van der Waals surface area contributed by atoms with E-state index in [1.165, 1.54) is 13.8 Å². The molecule has 7 N–H and O–H groups in total. The fourth-order valence-electron chi connectivity index (χ4n) is 4.43. The molecule has 0 saturated heterocycles. The number of carbonyl (C=O) groups excluding carboxylic acids is 5. The second-order valence-electron chi connectivity index (χ2n) is 11.5. The van der Waals surface area contributed by atoms with E-state index < -0.39 is 68.0 Å². The average molecular weight is 777 g/mol. The molecule has 2 aromatic carbocycles. The number of azide groups is 1. The summed E-state index contributed by atoms with van der Waals surface area (Å²) in [5.41, 5.74) is 21.4. The molecule has 16 heteroatoms. The van der Waals surface area contributed by atoms with E-state index in [1.54, 1.807) is 36.4 Å². The number of rotatable bonds is 17. The summed E-state index contributed by atoms with van der Waals surface area (Å²) in [5, 5.41) is 11.3. The second kappa shape index (κ2) is 18.0. The first-order chi connectivity index (χ1) is 22.8. The Morgan fingerprint density at radius 2 is 1.65 bits per heavy atom. The first-order valence-electron chi connectivity index (χ1n) is 15.2. The Morgan fingerprint density at radius 1 is 0.979 bits per heavy atom. The van der Waals surface area contributed by atoms with Gasteiger partial charge in [-0.1, -0.05) is 13.8 Å². The van der Waals surface area contributed by atoms with Crippen LogP contribution >= 0.6 is 20.2 Å². The number of carbonyl (C=O) groups is 5. The van der Waals surface area contributed by atoms with Gasteiger partial charge in [0.15, 0.2) is 0 Å². The molecule has 0 aromatic heterocycles. The van der Waals surface area contributed by atoms with Gasteiger partial charge in [0.05, 0.1) is 0 Å². The molecular formula is C32H41IN8O7. The molecule has 15 nitrogen and oxygen atoms in total. The van der Waals surface area contributed by atoms with Gasteiger partial charge in [-0.3, -0.25) is 14.4 Å². The zero-order chi connectivity index (χ0) is 35.4. The molecule has 0 spiro atoms. The minimum absolute atomic E-state index is 0.0481. The van der Waals surface area contributed by atoms with Gasteiger partial charge >= 0.3 is 186 Å². The van der Waals surface area contributed by atoms with Crippen LogP contribution < -0.4 is 32.2 Å². The van der Waals surface area contributed by atoms with Crippen LogP contribution in [0, 0.1) is 9.49 Å². The largest absolute Gasteiger partial charge is 0.368 e. The van der Waals surface area contributed by atoms with E-state index in [9.17, 15) is 24.0 Å². The standard InChI is InChI=1S/C32H41IN8O7/c1-18(2)15-27(31(45)38-19(3)28(35)42)40-29(43)20(4)39-30(44)26(34)16-21-9-11-22(12-10-21)47-23(13-14-37-41-36)17-33-25-8-6-5-7-24(25)32(46)48-33/h5-12,17-20,26-27H,13-16,34H2,1-4H3,(H2,35,42)(H,38,45)(H,39,44)(H,40,43)/b23-17+/t19-,20-,26-,27-/m0/s1. The topological polar surface area (TPSA) is 241 Å². The molecule has 0 fully saturated rings. The maximum absolute atomic E-state index is 12.9. The Hall–Kier alpha value is -4.67. The first-order valence-corrected chi connectivity index (χ1v) is 18.4. The molecule has 4 atom stereocenters. The van der Waals surface area contributed by atoms with Crippen LogP contribution in [0.15, 0.2) is 63.5 Å². The van der Waals surface area contributed by atoms with Crippen molar-refractivity contribution < 1.29 is 31.8 Å². The Labute approximate surface area is 286 Å². The van der Waals surface area contributed by atoms with Crippen LogP contribution in [0.3, 0.4) is 0 Å². The zero-order valence-corrected chi connectivity index (χ0v) is 29.3. The molecule has 2 aromatic rings. The number of fused-ring (bicyclic) bond motifs is 1. The van der Waals surface area contributed by atoms with Crippen LogP contribution in [0.25, 0.3) is 10.4 Å². The number of benzene rings is 2. The Morgan fingerprint density at radius 3 is 2.29 bits per heavy atom. The maximum atomic E-state index is 12.9. The summed E-state index contributed by atoms with van der Waals surface area (Å²) < 4.78 is 14.4. The number of amides is 4. The van der Waals surface area contributed by atoms with Crippen molar-refractivity contribution in [2.75, 3.05) is 6.54 Å². The van der Waals surface area contributed by atoms with Crippen molar-refractivity contribution in [1.29, 1.82) is 0 Å². The summed E-state index contributed by atoms with van der Waals surface area (Å²) in [4.78, 5) is 64.8. The Bertz CT molecular complexity index is 1580. The minimum atomic E-state index is -2.48. The van der Waals surface area contributed by atoms with Crippen LogP contribution in [0.1, 0.15) is 56.5 Å². The van der Waals surface area contributed by atoms with E-state index in [2.05, 4.69) is 26.0 Å². The molecule has 0 aliphatic carbocycles.